The van der Waals surface area contributed by atoms with Crippen molar-refractivity contribution in [2.45, 2.75) is 31.7 Å². The quantitative estimate of drug-likeness (QED) is 0.882. The summed E-state index contributed by atoms with van der Waals surface area (Å²) in [5, 5.41) is 2.11. The van der Waals surface area contributed by atoms with Gasteiger partial charge in [0.05, 0.1) is 10.5 Å². The Balaban J connectivity index is 2.00. The molecule has 1 heterocycles. The molecule has 1 aliphatic rings. The molecule has 2 nitrogen and oxygen atoms in total. The number of fused-ring (bicyclic) bond motifs is 1. The predicted molar refractivity (Wildman–Crippen MR) is 76.9 cm³/mol. The van der Waals surface area contributed by atoms with Gasteiger partial charge in [-0.05, 0) is 36.8 Å². The molecule has 2 unspecified atom stereocenters. The Morgan fingerprint density at radius 1 is 1.39 bits per heavy atom. The summed E-state index contributed by atoms with van der Waals surface area (Å²) in [6, 6.07) is 6.52. The van der Waals surface area contributed by atoms with Gasteiger partial charge in [-0.1, -0.05) is 30.2 Å². The van der Waals surface area contributed by atoms with Gasteiger partial charge >= 0.3 is 0 Å². The van der Waals surface area contributed by atoms with Crippen molar-refractivity contribution in [3.63, 3.8) is 0 Å². The lowest BCUT2D eigenvalue weighted by Gasteiger charge is -2.14. The molecule has 0 amide bonds. The van der Waals surface area contributed by atoms with Gasteiger partial charge in [0.1, 0.15) is 0 Å². The molecule has 1 saturated carbocycles. The van der Waals surface area contributed by atoms with Crippen LogP contribution in [0.5, 0.6) is 0 Å². The Morgan fingerprint density at radius 2 is 2.22 bits per heavy atom. The molecule has 1 aromatic carbocycles. The molecule has 3 rings (SSSR count). The van der Waals surface area contributed by atoms with E-state index < -0.39 is 0 Å². The number of hydrogen-bond donors (Lipinski definition) is 1. The maximum atomic E-state index is 6.28. The van der Waals surface area contributed by atoms with Crippen LogP contribution in [0.25, 0.3) is 10.9 Å². The van der Waals surface area contributed by atoms with Gasteiger partial charge in [0.2, 0.25) is 0 Å². The number of nitrogens with two attached hydrogens (primary N) is 1. The molecule has 0 bridgehead atoms. The van der Waals surface area contributed by atoms with Crippen LogP contribution in [0.15, 0.2) is 24.4 Å². The van der Waals surface area contributed by atoms with Gasteiger partial charge in [-0.15, -0.1) is 0 Å². The zero-order valence-corrected chi connectivity index (χ0v) is 11.5. The minimum atomic E-state index is 0.374. The fourth-order valence-corrected chi connectivity index (χ4v) is 3.57. The highest BCUT2D eigenvalue weighted by Gasteiger charge is 2.25. The Labute approximate surface area is 113 Å². The van der Waals surface area contributed by atoms with Crippen LogP contribution in [0.4, 0.5) is 0 Å². The summed E-state index contributed by atoms with van der Waals surface area (Å²) in [5.74, 6) is 0.634. The Bertz CT molecular complexity index is 573. The average Bonchev–Trinajstić information content (AvgIpc) is 2.87. The number of benzene rings is 1. The summed E-state index contributed by atoms with van der Waals surface area (Å²) < 4.78 is 2.13. The summed E-state index contributed by atoms with van der Waals surface area (Å²) in [6.45, 7) is 0. The first-order chi connectivity index (χ1) is 8.66. The van der Waals surface area contributed by atoms with Crippen molar-refractivity contribution >= 4 is 22.5 Å². The standard InChI is InChI=1S/C15H19ClN2/c1-18-9-11(8-10-4-2-7-14(10)17)12-5-3-6-13(16)15(12)18/h3,5-6,9-10,14H,2,4,7-8,17H2,1H3. The van der Waals surface area contributed by atoms with Crippen molar-refractivity contribution in [2.75, 3.05) is 0 Å². The molecule has 18 heavy (non-hydrogen) atoms. The summed E-state index contributed by atoms with van der Waals surface area (Å²) in [5.41, 5.74) is 8.70. The topological polar surface area (TPSA) is 30.9 Å². The van der Waals surface area contributed by atoms with E-state index in [1.54, 1.807) is 0 Å². The Kier molecular flexibility index (Phi) is 3.08. The van der Waals surface area contributed by atoms with Crippen LogP contribution in [0.3, 0.4) is 0 Å². The molecule has 2 aromatic rings. The summed E-state index contributed by atoms with van der Waals surface area (Å²) in [6.07, 6.45) is 7.01. The van der Waals surface area contributed by atoms with Gasteiger partial charge in [0, 0.05) is 24.7 Å². The number of hydrogen-bond acceptors (Lipinski definition) is 1. The van der Waals surface area contributed by atoms with E-state index in [2.05, 4.69) is 23.9 Å². The monoisotopic (exact) mass is 262 g/mol. The summed E-state index contributed by atoms with van der Waals surface area (Å²) >= 11 is 6.28. The Morgan fingerprint density at radius 3 is 2.94 bits per heavy atom. The number of rotatable bonds is 2. The molecule has 2 N–H and O–H groups in total. The fourth-order valence-electron chi connectivity index (χ4n) is 3.26. The van der Waals surface area contributed by atoms with Crippen LogP contribution in [0.2, 0.25) is 5.02 Å². The minimum Gasteiger partial charge on any atom is -0.349 e. The number of halogens is 1. The normalized spacial score (nSPS) is 23.9. The lowest BCUT2D eigenvalue weighted by atomic mass is 9.95. The van der Waals surface area contributed by atoms with Crippen LogP contribution in [-0.2, 0) is 13.5 Å². The lowest BCUT2D eigenvalue weighted by Crippen LogP contribution is -2.25. The number of nitrogens with zero attached hydrogens (tertiary/aromatic N) is 1. The van der Waals surface area contributed by atoms with Crippen molar-refractivity contribution in [1.82, 2.24) is 4.57 Å². The van der Waals surface area contributed by atoms with Gasteiger partial charge in [0.15, 0.2) is 0 Å². The Hall–Kier alpha value is -0.990. The third-order valence-electron chi connectivity index (χ3n) is 4.23. The van der Waals surface area contributed by atoms with Gasteiger partial charge in [-0.3, -0.25) is 0 Å². The first-order valence-electron chi connectivity index (χ1n) is 6.65. The first-order valence-corrected chi connectivity index (χ1v) is 7.02. The predicted octanol–water partition coefficient (Wildman–Crippen LogP) is 3.50. The molecule has 96 valence electrons. The van der Waals surface area contributed by atoms with Crippen molar-refractivity contribution in [3.8, 4) is 0 Å². The highest BCUT2D eigenvalue weighted by Crippen LogP contribution is 2.32. The zero-order valence-electron chi connectivity index (χ0n) is 10.7. The SMILES string of the molecule is Cn1cc(CC2CCCC2N)c2cccc(Cl)c21. The molecule has 3 heteroatoms. The highest BCUT2D eigenvalue weighted by atomic mass is 35.5. The summed E-state index contributed by atoms with van der Waals surface area (Å²) in [4.78, 5) is 0. The van der Waals surface area contributed by atoms with Crippen LogP contribution < -0.4 is 5.73 Å². The highest BCUT2D eigenvalue weighted by molar-refractivity contribution is 6.35. The molecule has 1 aliphatic carbocycles. The molecular weight excluding hydrogens is 244 g/mol. The number of aryl methyl sites for hydroxylation is 1. The fraction of sp³-hybridized carbons (Fsp3) is 0.467. The van der Waals surface area contributed by atoms with E-state index in [9.17, 15) is 0 Å². The van der Waals surface area contributed by atoms with Crippen LogP contribution in [0, 0.1) is 5.92 Å². The van der Waals surface area contributed by atoms with Gasteiger partial charge in [-0.25, -0.2) is 0 Å². The summed E-state index contributed by atoms with van der Waals surface area (Å²) in [7, 11) is 2.06. The van der Waals surface area contributed by atoms with Gasteiger partial charge in [-0.2, -0.15) is 0 Å². The van der Waals surface area contributed by atoms with E-state index in [1.807, 2.05) is 12.1 Å². The molecule has 0 saturated heterocycles. The van der Waals surface area contributed by atoms with Gasteiger partial charge < -0.3 is 10.3 Å². The molecule has 1 aromatic heterocycles. The van der Waals surface area contributed by atoms with Gasteiger partial charge in [0.25, 0.3) is 0 Å². The van der Waals surface area contributed by atoms with E-state index >= 15 is 0 Å². The number of aromatic nitrogens is 1. The van der Waals surface area contributed by atoms with Crippen molar-refractivity contribution < 1.29 is 0 Å². The van der Waals surface area contributed by atoms with Crippen molar-refractivity contribution in [2.24, 2.45) is 18.7 Å². The van der Waals surface area contributed by atoms with Crippen LogP contribution in [-0.4, -0.2) is 10.6 Å². The van der Waals surface area contributed by atoms with Crippen molar-refractivity contribution in [1.29, 1.82) is 0 Å². The molecular formula is C15H19ClN2. The number of para-hydroxylation sites is 1. The van der Waals surface area contributed by atoms with Crippen molar-refractivity contribution in [3.05, 3.63) is 35.0 Å². The maximum absolute atomic E-state index is 6.28. The van der Waals surface area contributed by atoms with E-state index in [0.717, 1.165) is 17.0 Å². The second-order valence-corrected chi connectivity index (χ2v) is 5.87. The lowest BCUT2D eigenvalue weighted by molar-refractivity contribution is 0.480. The zero-order chi connectivity index (χ0) is 12.7. The third kappa shape index (κ3) is 1.94. The maximum Gasteiger partial charge on any atom is 0.0669 e. The molecule has 0 radical (unpaired) electrons. The van der Waals surface area contributed by atoms with E-state index in [0.29, 0.717) is 12.0 Å². The smallest absolute Gasteiger partial charge is 0.0669 e. The molecule has 2 atom stereocenters. The third-order valence-corrected chi connectivity index (χ3v) is 4.54. The second-order valence-electron chi connectivity index (χ2n) is 5.46. The average molecular weight is 263 g/mol. The molecule has 0 spiro atoms. The van der Waals surface area contributed by atoms with E-state index in [-0.39, 0.29) is 0 Å². The minimum absolute atomic E-state index is 0.374. The largest absolute Gasteiger partial charge is 0.349 e. The molecule has 1 fully saturated rings. The first kappa shape index (κ1) is 12.1. The second kappa shape index (κ2) is 4.60. The van der Waals surface area contributed by atoms with E-state index in [4.69, 9.17) is 17.3 Å². The van der Waals surface area contributed by atoms with Crippen LogP contribution in [0.1, 0.15) is 24.8 Å². The van der Waals surface area contributed by atoms with E-state index in [1.165, 1.54) is 30.2 Å². The molecule has 0 aliphatic heterocycles. The van der Waals surface area contributed by atoms with Crippen LogP contribution >= 0.6 is 11.6 Å².